The molecule has 0 amide bonds. The lowest BCUT2D eigenvalue weighted by Gasteiger charge is -2.21. The zero-order chi connectivity index (χ0) is 12.5. The van der Waals surface area contributed by atoms with Crippen LogP contribution in [0.25, 0.3) is 10.9 Å². The highest BCUT2D eigenvalue weighted by Crippen LogP contribution is 2.21. The van der Waals surface area contributed by atoms with Gasteiger partial charge in [0.15, 0.2) is 0 Å². The number of hydrogen-bond acceptors (Lipinski definition) is 3. The third-order valence-corrected chi connectivity index (χ3v) is 2.94. The Kier molecular flexibility index (Phi) is 3.17. The van der Waals surface area contributed by atoms with Crippen molar-refractivity contribution < 1.29 is 5.11 Å². The van der Waals surface area contributed by atoms with Crippen LogP contribution in [-0.2, 0) is 13.5 Å². The molecular formula is C13H19N3O. The van der Waals surface area contributed by atoms with Crippen LogP contribution >= 0.6 is 0 Å². The minimum atomic E-state index is -0.772. The Labute approximate surface area is 101 Å². The van der Waals surface area contributed by atoms with Gasteiger partial charge in [-0.1, -0.05) is 18.2 Å². The van der Waals surface area contributed by atoms with E-state index in [1.54, 1.807) is 0 Å². The van der Waals surface area contributed by atoms with Crippen LogP contribution in [0, 0.1) is 0 Å². The molecule has 1 atom stereocenters. The van der Waals surface area contributed by atoms with Crippen LogP contribution in [-0.4, -0.2) is 34.1 Å². The van der Waals surface area contributed by atoms with Crippen LogP contribution in [0.5, 0.6) is 0 Å². The van der Waals surface area contributed by atoms with Gasteiger partial charge in [0.05, 0.1) is 16.8 Å². The summed E-state index contributed by atoms with van der Waals surface area (Å²) in [6.45, 7) is 2.38. The summed E-state index contributed by atoms with van der Waals surface area (Å²) >= 11 is 0. The zero-order valence-corrected chi connectivity index (χ0v) is 10.6. The number of hydrogen-bond donors (Lipinski definition) is 2. The number of nitrogens with zero attached hydrogens (tertiary/aromatic N) is 2. The summed E-state index contributed by atoms with van der Waals surface area (Å²) in [5, 5.41) is 18.8. The molecule has 0 radical (unpaired) electrons. The Hall–Kier alpha value is -1.39. The van der Waals surface area contributed by atoms with Crippen LogP contribution in [0.15, 0.2) is 24.3 Å². The molecule has 1 aromatic heterocycles. The molecular weight excluding hydrogens is 214 g/mol. The van der Waals surface area contributed by atoms with E-state index in [-0.39, 0.29) is 0 Å². The van der Waals surface area contributed by atoms with Crippen molar-refractivity contribution in [2.45, 2.75) is 18.9 Å². The van der Waals surface area contributed by atoms with Crippen LogP contribution in [0.3, 0.4) is 0 Å². The van der Waals surface area contributed by atoms with Crippen LogP contribution in [0.1, 0.15) is 12.6 Å². The van der Waals surface area contributed by atoms with E-state index in [0.29, 0.717) is 13.0 Å². The maximum absolute atomic E-state index is 10.2. The molecule has 1 heterocycles. The number of aryl methyl sites for hydroxylation is 1. The first-order valence-electron chi connectivity index (χ1n) is 5.81. The highest BCUT2D eigenvalue weighted by molar-refractivity contribution is 5.81. The van der Waals surface area contributed by atoms with Gasteiger partial charge in [0.25, 0.3) is 0 Å². The number of para-hydroxylation sites is 1. The third kappa shape index (κ3) is 2.48. The van der Waals surface area contributed by atoms with Crippen molar-refractivity contribution in [3.8, 4) is 0 Å². The van der Waals surface area contributed by atoms with Gasteiger partial charge in [-0.25, -0.2) is 0 Å². The largest absolute Gasteiger partial charge is 0.388 e. The standard InChI is InChI=1S/C13H19N3O/c1-13(17,9-14-2)8-11-10-6-4-5-7-12(10)16(3)15-11/h4-7,14,17H,8-9H2,1-3H3. The highest BCUT2D eigenvalue weighted by Gasteiger charge is 2.23. The number of fused-ring (bicyclic) bond motifs is 1. The zero-order valence-electron chi connectivity index (χ0n) is 10.6. The van der Waals surface area contributed by atoms with E-state index in [0.717, 1.165) is 16.6 Å². The van der Waals surface area contributed by atoms with Crippen molar-refractivity contribution in [2.24, 2.45) is 7.05 Å². The van der Waals surface area contributed by atoms with Gasteiger partial charge >= 0.3 is 0 Å². The van der Waals surface area contributed by atoms with Gasteiger partial charge in [0.1, 0.15) is 0 Å². The SMILES string of the molecule is CNCC(C)(O)Cc1nn(C)c2ccccc12. The molecule has 0 aliphatic heterocycles. The number of rotatable bonds is 4. The molecule has 0 fully saturated rings. The lowest BCUT2D eigenvalue weighted by Crippen LogP contribution is -2.38. The minimum absolute atomic E-state index is 0.551. The first-order chi connectivity index (χ1) is 8.03. The number of likely N-dealkylation sites (N-methyl/N-ethyl adjacent to an activating group) is 1. The second kappa shape index (κ2) is 4.47. The van der Waals surface area contributed by atoms with Gasteiger partial charge in [0.2, 0.25) is 0 Å². The summed E-state index contributed by atoms with van der Waals surface area (Å²) in [4.78, 5) is 0. The van der Waals surface area contributed by atoms with E-state index in [9.17, 15) is 5.11 Å². The number of aromatic nitrogens is 2. The van der Waals surface area contributed by atoms with Crippen molar-refractivity contribution >= 4 is 10.9 Å². The van der Waals surface area contributed by atoms with E-state index < -0.39 is 5.60 Å². The maximum atomic E-state index is 10.2. The summed E-state index contributed by atoms with van der Waals surface area (Å²) in [6, 6.07) is 8.09. The fraction of sp³-hybridized carbons (Fsp3) is 0.462. The summed E-state index contributed by atoms with van der Waals surface area (Å²) in [7, 11) is 3.77. The van der Waals surface area contributed by atoms with Crippen molar-refractivity contribution in [2.75, 3.05) is 13.6 Å². The molecule has 0 saturated heterocycles. The van der Waals surface area contributed by atoms with Gasteiger partial charge in [-0.05, 0) is 20.0 Å². The first kappa shape index (κ1) is 12.1. The maximum Gasteiger partial charge on any atom is 0.0799 e. The predicted octanol–water partition coefficient (Wildman–Crippen LogP) is 1.09. The Balaban J connectivity index is 2.36. The normalized spacial score (nSPS) is 15.1. The third-order valence-electron chi connectivity index (χ3n) is 2.94. The van der Waals surface area contributed by atoms with Gasteiger partial charge in [-0.3, -0.25) is 4.68 Å². The molecule has 0 saturated carbocycles. The van der Waals surface area contributed by atoms with Crippen molar-refractivity contribution in [3.05, 3.63) is 30.0 Å². The Morgan fingerprint density at radius 1 is 1.41 bits per heavy atom. The average Bonchev–Trinajstić information content (AvgIpc) is 2.56. The topological polar surface area (TPSA) is 50.1 Å². The summed E-state index contributed by atoms with van der Waals surface area (Å²) in [5.41, 5.74) is 1.28. The summed E-state index contributed by atoms with van der Waals surface area (Å²) in [5.74, 6) is 0. The Bertz CT molecular complexity index is 516. The molecule has 0 aliphatic rings. The molecule has 4 heteroatoms. The molecule has 92 valence electrons. The summed E-state index contributed by atoms with van der Waals surface area (Å²) in [6.07, 6.45) is 0.551. The number of benzene rings is 1. The second-order valence-corrected chi connectivity index (χ2v) is 4.79. The average molecular weight is 233 g/mol. The lowest BCUT2D eigenvalue weighted by atomic mass is 9.98. The molecule has 2 rings (SSSR count). The fourth-order valence-electron chi connectivity index (χ4n) is 2.22. The Morgan fingerprint density at radius 3 is 2.82 bits per heavy atom. The van der Waals surface area contributed by atoms with Crippen molar-refractivity contribution in [1.82, 2.24) is 15.1 Å². The van der Waals surface area contributed by atoms with E-state index >= 15 is 0 Å². The number of nitrogens with one attached hydrogen (secondary N) is 1. The van der Waals surface area contributed by atoms with Crippen LogP contribution in [0.4, 0.5) is 0 Å². The van der Waals surface area contributed by atoms with E-state index in [1.807, 2.05) is 50.0 Å². The summed E-state index contributed by atoms with van der Waals surface area (Å²) < 4.78 is 1.86. The monoisotopic (exact) mass is 233 g/mol. The lowest BCUT2D eigenvalue weighted by molar-refractivity contribution is 0.0614. The van der Waals surface area contributed by atoms with E-state index in [2.05, 4.69) is 10.4 Å². The van der Waals surface area contributed by atoms with E-state index in [4.69, 9.17) is 0 Å². The Morgan fingerprint density at radius 2 is 2.12 bits per heavy atom. The van der Waals surface area contributed by atoms with Gasteiger partial charge in [0, 0.05) is 25.4 Å². The molecule has 1 unspecified atom stereocenters. The molecule has 17 heavy (non-hydrogen) atoms. The number of aliphatic hydroxyl groups is 1. The minimum Gasteiger partial charge on any atom is -0.388 e. The second-order valence-electron chi connectivity index (χ2n) is 4.79. The highest BCUT2D eigenvalue weighted by atomic mass is 16.3. The molecule has 0 bridgehead atoms. The van der Waals surface area contributed by atoms with Gasteiger partial charge < -0.3 is 10.4 Å². The van der Waals surface area contributed by atoms with Gasteiger partial charge in [-0.2, -0.15) is 5.10 Å². The first-order valence-corrected chi connectivity index (χ1v) is 5.81. The molecule has 0 spiro atoms. The van der Waals surface area contributed by atoms with Crippen LogP contribution in [0.2, 0.25) is 0 Å². The quantitative estimate of drug-likeness (QED) is 0.831. The van der Waals surface area contributed by atoms with Crippen LogP contribution < -0.4 is 5.32 Å². The molecule has 1 aromatic carbocycles. The molecule has 2 aromatic rings. The fourth-order valence-corrected chi connectivity index (χ4v) is 2.22. The molecule has 4 nitrogen and oxygen atoms in total. The van der Waals surface area contributed by atoms with Gasteiger partial charge in [-0.15, -0.1) is 0 Å². The smallest absolute Gasteiger partial charge is 0.0799 e. The predicted molar refractivity (Wildman–Crippen MR) is 69.0 cm³/mol. The molecule has 0 aliphatic carbocycles. The molecule has 2 N–H and O–H groups in total. The van der Waals surface area contributed by atoms with E-state index in [1.165, 1.54) is 0 Å². The van der Waals surface area contributed by atoms with Crippen molar-refractivity contribution in [1.29, 1.82) is 0 Å². The van der Waals surface area contributed by atoms with Crippen molar-refractivity contribution in [3.63, 3.8) is 0 Å².